The Balaban J connectivity index is 1.20. The van der Waals surface area contributed by atoms with Crippen LogP contribution in [0.1, 0.15) is 47.3 Å². The Morgan fingerprint density at radius 3 is 2.36 bits per heavy atom. The van der Waals surface area contributed by atoms with Gasteiger partial charge in [-0.2, -0.15) is 0 Å². The third-order valence-corrected chi connectivity index (χ3v) is 9.17. The Hall–Kier alpha value is -4.73. The van der Waals surface area contributed by atoms with Gasteiger partial charge in [-0.05, 0) is 73.6 Å². The van der Waals surface area contributed by atoms with Crippen molar-refractivity contribution in [2.45, 2.75) is 38.8 Å². The molecule has 8 nitrogen and oxygen atoms in total. The van der Waals surface area contributed by atoms with Gasteiger partial charge in [-0.1, -0.05) is 6.07 Å². The number of methoxy groups -OCH3 is 2. The lowest BCUT2D eigenvalue weighted by Crippen LogP contribution is -2.34. The number of fused-ring (bicyclic) bond motifs is 1. The Labute approximate surface area is 254 Å². The van der Waals surface area contributed by atoms with Crippen LogP contribution in [0.3, 0.4) is 0 Å². The van der Waals surface area contributed by atoms with E-state index in [1.54, 1.807) is 31.3 Å². The van der Waals surface area contributed by atoms with Crippen molar-refractivity contribution in [1.82, 2.24) is 14.9 Å². The van der Waals surface area contributed by atoms with Gasteiger partial charge in [0.2, 0.25) is 0 Å². The van der Waals surface area contributed by atoms with E-state index in [9.17, 15) is 13.6 Å². The standard InChI is InChI=1S/C34H33F2N5O3/c1-43-23-8-6-21(29(16-23)44-2)19-41-20-28-32(33(41)42)27(17-26(38-28)31-24(35)4-3-5-25(31)36)39-30-9-7-22(18-37-30)40-14-12-34(10-11-34)13-15-40/h3-9,16-18H,10-15,19-20H2,1-2H3,(H,37,38,39). The molecule has 4 aromatic rings. The molecule has 10 heteroatoms. The van der Waals surface area contributed by atoms with Crippen molar-refractivity contribution >= 4 is 23.1 Å². The highest BCUT2D eigenvalue weighted by molar-refractivity contribution is 6.04. The van der Waals surface area contributed by atoms with Crippen LogP contribution in [0.5, 0.6) is 11.5 Å². The number of carbonyl (C=O) groups is 1. The van der Waals surface area contributed by atoms with E-state index in [1.807, 2.05) is 24.4 Å². The lowest BCUT2D eigenvalue weighted by Gasteiger charge is -2.33. The molecule has 4 heterocycles. The minimum absolute atomic E-state index is 0.0949. The first-order chi connectivity index (χ1) is 21.4. The van der Waals surface area contributed by atoms with Gasteiger partial charge in [-0.15, -0.1) is 0 Å². The summed E-state index contributed by atoms with van der Waals surface area (Å²) in [7, 11) is 3.13. The van der Waals surface area contributed by atoms with Crippen LogP contribution in [0.15, 0.2) is 60.8 Å². The molecule has 44 heavy (non-hydrogen) atoms. The number of hydrogen-bond acceptors (Lipinski definition) is 7. The highest BCUT2D eigenvalue weighted by atomic mass is 19.1. The molecule has 0 radical (unpaired) electrons. The molecule has 1 saturated heterocycles. The molecular weight excluding hydrogens is 564 g/mol. The molecule has 0 atom stereocenters. The quantitative estimate of drug-likeness (QED) is 0.242. The minimum Gasteiger partial charge on any atom is -0.497 e. The van der Waals surface area contributed by atoms with Gasteiger partial charge >= 0.3 is 0 Å². The Morgan fingerprint density at radius 1 is 0.932 bits per heavy atom. The molecule has 3 aliphatic rings. The summed E-state index contributed by atoms with van der Waals surface area (Å²) in [6.45, 7) is 2.44. The number of carbonyl (C=O) groups excluding carboxylic acids is 1. The molecule has 226 valence electrons. The maximum absolute atomic E-state index is 14.9. The van der Waals surface area contributed by atoms with Gasteiger partial charge < -0.3 is 24.6 Å². The fourth-order valence-corrected chi connectivity index (χ4v) is 6.35. The van der Waals surface area contributed by atoms with Gasteiger partial charge in [0.25, 0.3) is 5.91 Å². The smallest absolute Gasteiger partial charge is 0.258 e. The first kappa shape index (κ1) is 28.1. The topological polar surface area (TPSA) is 79.8 Å². The monoisotopic (exact) mass is 597 g/mol. The van der Waals surface area contributed by atoms with Crippen molar-refractivity contribution in [1.29, 1.82) is 0 Å². The number of nitrogens with one attached hydrogen (secondary N) is 1. The molecule has 1 aliphatic carbocycles. The summed E-state index contributed by atoms with van der Waals surface area (Å²) in [5.41, 5.74) is 3.42. The predicted octanol–water partition coefficient (Wildman–Crippen LogP) is 6.72. The summed E-state index contributed by atoms with van der Waals surface area (Å²) in [5, 5.41) is 3.26. The Bertz CT molecular complexity index is 1710. The van der Waals surface area contributed by atoms with E-state index in [0.717, 1.165) is 24.3 Å². The number of amides is 1. The van der Waals surface area contributed by atoms with Crippen molar-refractivity contribution in [3.05, 3.63) is 89.2 Å². The van der Waals surface area contributed by atoms with Crippen LogP contribution in [0.25, 0.3) is 11.3 Å². The fourth-order valence-electron chi connectivity index (χ4n) is 6.35. The van der Waals surface area contributed by atoms with Gasteiger partial charge in [0, 0.05) is 24.7 Å². The van der Waals surface area contributed by atoms with Gasteiger partial charge in [0.15, 0.2) is 0 Å². The second kappa shape index (κ2) is 11.1. The van der Waals surface area contributed by atoms with Crippen LogP contribution in [0.2, 0.25) is 0 Å². The molecule has 1 saturated carbocycles. The van der Waals surface area contributed by atoms with Gasteiger partial charge in [-0.3, -0.25) is 4.79 Å². The zero-order valence-electron chi connectivity index (χ0n) is 24.7. The molecule has 7 rings (SSSR count). The van der Waals surface area contributed by atoms with Crippen molar-refractivity contribution in [3.8, 4) is 22.8 Å². The maximum Gasteiger partial charge on any atom is 0.258 e. The van der Waals surface area contributed by atoms with Gasteiger partial charge in [-0.25, -0.2) is 18.7 Å². The lowest BCUT2D eigenvalue weighted by molar-refractivity contribution is 0.0766. The molecule has 2 aromatic carbocycles. The Kier molecular flexibility index (Phi) is 7.07. The van der Waals surface area contributed by atoms with Crippen LogP contribution >= 0.6 is 0 Å². The normalized spacial score (nSPS) is 16.7. The van der Waals surface area contributed by atoms with Crippen molar-refractivity contribution in [2.24, 2.45) is 5.41 Å². The third kappa shape index (κ3) is 5.18. The number of halogens is 2. The number of ether oxygens (including phenoxy) is 2. The summed E-state index contributed by atoms with van der Waals surface area (Å²) in [6, 6.07) is 14.5. The molecular formula is C34H33F2N5O3. The molecule has 0 bridgehead atoms. The molecule has 1 amide bonds. The highest BCUT2D eigenvalue weighted by Gasteiger charge is 2.44. The lowest BCUT2D eigenvalue weighted by atomic mass is 9.93. The highest BCUT2D eigenvalue weighted by Crippen LogP contribution is 2.54. The minimum atomic E-state index is -0.732. The zero-order chi connectivity index (χ0) is 30.4. The second-order valence-electron chi connectivity index (χ2n) is 11.8. The molecule has 1 spiro atoms. The molecule has 2 aliphatic heterocycles. The second-order valence-corrected chi connectivity index (χ2v) is 11.8. The summed E-state index contributed by atoms with van der Waals surface area (Å²) in [5.74, 6) is 0.0121. The number of piperidine rings is 1. The summed E-state index contributed by atoms with van der Waals surface area (Å²) >= 11 is 0. The number of benzene rings is 2. The van der Waals surface area contributed by atoms with E-state index in [0.29, 0.717) is 39.7 Å². The first-order valence-corrected chi connectivity index (χ1v) is 14.8. The number of rotatable bonds is 8. The molecule has 2 aromatic heterocycles. The van der Waals surface area contributed by atoms with Gasteiger partial charge in [0.1, 0.15) is 29.0 Å². The third-order valence-electron chi connectivity index (χ3n) is 9.17. The first-order valence-electron chi connectivity index (χ1n) is 14.8. The van der Waals surface area contributed by atoms with E-state index in [4.69, 9.17) is 9.47 Å². The van der Waals surface area contributed by atoms with Crippen LogP contribution < -0.4 is 19.7 Å². The van der Waals surface area contributed by atoms with Crippen LogP contribution in [0.4, 0.5) is 26.0 Å². The summed E-state index contributed by atoms with van der Waals surface area (Å²) < 4.78 is 40.6. The van der Waals surface area contributed by atoms with Gasteiger partial charge in [0.05, 0.1) is 67.4 Å². The maximum atomic E-state index is 14.9. The number of hydrogen-bond donors (Lipinski definition) is 1. The molecule has 0 unspecified atom stereocenters. The van der Waals surface area contributed by atoms with Crippen molar-refractivity contribution < 1.29 is 23.0 Å². The average molecular weight is 598 g/mol. The SMILES string of the molecule is COc1ccc(CN2Cc3nc(-c4c(F)cccc4F)cc(Nc4ccc(N5CCC6(CC5)CC6)cn4)c3C2=O)c(OC)c1. The average Bonchev–Trinajstić information content (AvgIpc) is 3.71. The number of nitrogens with zero attached hydrogens (tertiary/aromatic N) is 4. The van der Waals surface area contributed by atoms with E-state index < -0.39 is 11.6 Å². The van der Waals surface area contributed by atoms with Crippen molar-refractivity contribution in [3.63, 3.8) is 0 Å². The molecule has 2 fully saturated rings. The van der Waals surface area contributed by atoms with Crippen molar-refractivity contribution in [2.75, 3.05) is 37.5 Å². The van der Waals surface area contributed by atoms with E-state index in [1.165, 1.54) is 49.9 Å². The Morgan fingerprint density at radius 2 is 1.70 bits per heavy atom. The molecule has 1 N–H and O–H groups in total. The fraction of sp³-hybridized carbons (Fsp3) is 0.324. The van der Waals surface area contributed by atoms with E-state index in [2.05, 4.69) is 20.2 Å². The summed E-state index contributed by atoms with van der Waals surface area (Å²) in [6.07, 6.45) is 6.96. The summed E-state index contributed by atoms with van der Waals surface area (Å²) in [4.78, 5) is 27.1. The number of anilines is 3. The van der Waals surface area contributed by atoms with E-state index >= 15 is 0 Å². The van der Waals surface area contributed by atoms with Crippen LogP contribution in [-0.2, 0) is 13.1 Å². The number of aromatic nitrogens is 2. The zero-order valence-corrected chi connectivity index (χ0v) is 24.7. The van der Waals surface area contributed by atoms with Crippen LogP contribution in [-0.4, -0.2) is 48.1 Å². The van der Waals surface area contributed by atoms with Crippen LogP contribution in [0, 0.1) is 17.0 Å². The van der Waals surface area contributed by atoms with E-state index in [-0.39, 0.29) is 30.3 Å². The number of pyridine rings is 2. The predicted molar refractivity (Wildman–Crippen MR) is 163 cm³/mol. The largest absolute Gasteiger partial charge is 0.497 e.